The number of benzene rings is 2. The molecule has 0 bridgehead atoms. The minimum Gasteiger partial charge on any atom is -0.428 e. The van der Waals surface area contributed by atoms with Gasteiger partial charge in [-0.15, -0.1) is 5.10 Å². The van der Waals surface area contributed by atoms with Crippen molar-refractivity contribution >= 4 is 46.6 Å². The van der Waals surface area contributed by atoms with Gasteiger partial charge in [-0.2, -0.15) is 4.68 Å². The van der Waals surface area contributed by atoms with E-state index in [-0.39, 0.29) is 12.4 Å². The highest BCUT2D eigenvalue weighted by Gasteiger charge is 2.24. The van der Waals surface area contributed by atoms with Crippen molar-refractivity contribution in [3.63, 3.8) is 0 Å². The molecular formula is C31H35Cl2N5O7. The predicted octanol–water partition coefficient (Wildman–Crippen LogP) is 4.28. The number of H-pyrrole nitrogens is 1. The topological polar surface area (TPSA) is 156 Å². The molecule has 0 saturated carbocycles. The summed E-state index contributed by atoms with van der Waals surface area (Å²) < 4.78 is 10.4. The number of hydrogen-bond acceptors (Lipinski definition) is 9. The Morgan fingerprint density at radius 2 is 1.87 bits per heavy atom. The smallest absolute Gasteiger partial charge is 0.348 e. The molecule has 0 saturated heterocycles. The van der Waals surface area contributed by atoms with Gasteiger partial charge < -0.3 is 14.6 Å². The minimum atomic E-state index is -1.73. The number of aromatic nitrogens is 3. The SMILES string of the molecule is C=C(C=C(C)Cl)c1ccc(CN(CC(O)C(=O)OCOC(C)=O)NC(=O)c2nn(-c3cc(Cl)cc(CCCC)c3)c(=O)[nH]2)cc1. The molecule has 240 valence electrons. The molecule has 45 heavy (non-hydrogen) atoms. The molecule has 0 aliphatic heterocycles. The summed E-state index contributed by atoms with van der Waals surface area (Å²) in [5.74, 6) is -2.88. The van der Waals surface area contributed by atoms with Gasteiger partial charge in [0.1, 0.15) is 0 Å². The molecule has 0 fully saturated rings. The number of allylic oxidation sites excluding steroid dienone is 3. The molecule has 14 heteroatoms. The maximum absolute atomic E-state index is 13.3. The van der Waals surface area contributed by atoms with E-state index in [4.69, 9.17) is 27.9 Å². The predicted molar refractivity (Wildman–Crippen MR) is 170 cm³/mol. The molecule has 0 aliphatic rings. The summed E-state index contributed by atoms with van der Waals surface area (Å²) in [5, 5.41) is 16.9. The van der Waals surface area contributed by atoms with E-state index in [1.54, 1.807) is 49.4 Å². The van der Waals surface area contributed by atoms with Gasteiger partial charge >= 0.3 is 23.5 Å². The molecule has 1 aromatic heterocycles. The first-order valence-corrected chi connectivity index (χ1v) is 14.8. The van der Waals surface area contributed by atoms with Gasteiger partial charge in [-0.1, -0.05) is 67.4 Å². The lowest BCUT2D eigenvalue weighted by atomic mass is 10.0. The first-order valence-electron chi connectivity index (χ1n) is 14.0. The van der Waals surface area contributed by atoms with Crippen LogP contribution in [0, 0.1) is 0 Å². The van der Waals surface area contributed by atoms with Gasteiger partial charge in [0.15, 0.2) is 6.10 Å². The van der Waals surface area contributed by atoms with Gasteiger partial charge in [0.05, 0.1) is 12.2 Å². The Morgan fingerprint density at radius 1 is 1.16 bits per heavy atom. The molecular weight excluding hydrogens is 625 g/mol. The van der Waals surface area contributed by atoms with Crippen molar-refractivity contribution in [1.82, 2.24) is 25.2 Å². The van der Waals surface area contributed by atoms with Crippen molar-refractivity contribution in [2.45, 2.75) is 52.7 Å². The first kappa shape index (κ1) is 35.3. The van der Waals surface area contributed by atoms with E-state index in [1.165, 1.54) is 5.01 Å². The number of aromatic amines is 1. The summed E-state index contributed by atoms with van der Waals surface area (Å²) in [6.45, 7) is 7.85. The average Bonchev–Trinajstić information content (AvgIpc) is 3.37. The number of hydrogen-bond donors (Lipinski definition) is 3. The van der Waals surface area contributed by atoms with E-state index in [9.17, 15) is 24.3 Å². The highest BCUT2D eigenvalue weighted by atomic mass is 35.5. The average molecular weight is 661 g/mol. The second-order valence-electron chi connectivity index (χ2n) is 10.1. The first-order chi connectivity index (χ1) is 21.4. The standard InChI is InChI=1S/C31H35Cl2N5O7/c1-5-6-7-23-13-25(33)15-26(14-23)38-31(43)34-28(35-38)29(41)36-37(17-27(40)30(42)45-18-44-21(4)39)16-22-8-10-24(11-9-22)19(2)12-20(3)32/h8-15,27,40H,2,5-7,16-18H2,1,3-4H3,(H,36,41)(H,34,35,43). The van der Waals surface area contributed by atoms with Crippen LogP contribution in [0.25, 0.3) is 11.3 Å². The van der Waals surface area contributed by atoms with Crippen LogP contribution in [-0.4, -0.2) is 62.2 Å². The van der Waals surface area contributed by atoms with Crippen molar-refractivity contribution in [1.29, 1.82) is 0 Å². The van der Waals surface area contributed by atoms with Crippen LogP contribution in [0.15, 0.2) is 64.9 Å². The number of hydrazine groups is 1. The van der Waals surface area contributed by atoms with E-state index in [1.807, 2.05) is 6.07 Å². The summed E-state index contributed by atoms with van der Waals surface area (Å²) in [7, 11) is 0. The number of aliphatic hydroxyl groups is 1. The number of aryl methyl sites for hydroxylation is 1. The molecule has 2 aromatic carbocycles. The molecule has 0 spiro atoms. The fraction of sp³-hybridized carbons (Fsp3) is 0.323. The normalized spacial score (nSPS) is 12.1. The number of carbonyl (C=O) groups excluding carboxylic acids is 3. The Balaban J connectivity index is 1.82. The number of esters is 2. The van der Waals surface area contributed by atoms with E-state index >= 15 is 0 Å². The lowest BCUT2D eigenvalue weighted by Crippen LogP contribution is -2.48. The Labute approximate surface area is 270 Å². The molecule has 1 heterocycles. The molecule has 1 amide bonds. The Bertz CT molecular complexity index is 1610. The van der Waals surface area contributed by atoms with Gasteiger partial charge in [-0.05, 0) is 66.3 Å². The number of unbranched alkanes of at least 4 members (excludes halogenated alkanes) is 1. The maximum Gasteiger partial charge on any atom is 0.348 e. The van der Waals surface area contributed by atoms with E-state index in [0.717, 1.165) is 42.0 Å². The second kappa shape index (κ2) is 16.7. The van der Waals surface area contributed by atoms with Gasteiger partial charge in [-0.3, -0.25) is 20.0 Å². The quantitative estimate of drug-likeness (QED) is 0.0938. The van der Waals surface area contributed by atoms with Crippen molar-refractivity contribution in [2.24, 2.45) is 0 Å². The minimum absolute atomic E-state index is 0.0250. The molecule has 3 N–H and O–H groups in total. The number of aliphatic hydroxyl groups excluding tert-OH is 1. The summed E-state index contributed by atoms with van der Waals surface area (Å²) in [4.78, 5) is 51.7. The van der Waals surface area contributed by atoms with Gasteiger partial charge in [0.2, 0.25) is 12.6 Å². The highest BCUT2D eigenvalue weighted by Crippen LogP contribution is 2.20. The van der Waals surface area contributed by atoms with Gasteiger partial charge in [0, 0.05) is 23.5 Å². The van der Waals surface area contributed by atoms with Crippen LogP contribution in [0.2, 0.25) is 5.02 Å². The third-order valence-corrected chi connectivity index (χ3v) is 6.63. The third-order valence-electron chi connectivity index (χ3n) is 6.30. The van der Waals surface area contributed by atoms with Crippen LogP contribution in [0.5, 0.6) is 0 Å². The van der Waals surface area contributed by atoms with Crippen LogP contribution < -0.4 is 11.1 Å². The molecule has 1 atom stereocenters. The van der Waals surface area contributed by atoms with Gasteiger partial charge in [-0.25, -0.2) is 14.6 Å². The number of nitrogens with one attached hydrogen (secondary N) is 2. The number of nitrogens with zero attached hydrogens (tertiary/aromatic N) is 3. The Hall–Kier alpha value is -4.23. The number of halogens is 2. The zero-order valence-corrected chi connectivity index (χ0v) is 26.7. The zero-order valence-electron chi connectivity index (χ0n) is 25.1. The largest absolute Gasteiger partial charge is 0.428 e. The number of carbonyl (C=O) groups is 3. The van der Waals surface area contributed by atoms with Crippen LogP contribution in [0.1, 0.15) is 60.9 Å². The number of ether oxygens (including phenoxy) is 2. The number of rotatable bonds is 15. The lowest BCUT2D eigenvalue weighted by Gasteiger charge is -2.24. The van der Waals surface area contributed by atoms with Gasteiger partial charge in [0.25, 0.3) is 0 Å². The zero-order chi connectivity index (χ0) is 33.1. The molecule has 0 radical (unpaired) electrons. The van der Waals surface area contributed by atoms with Crippen molar-refractivity contribution in [2.75, 3.05) is 13.3 Å². The monoisotopic (exact) mass is 659 g/mol. The molecule has 1 unspecified atom stereocenters. The lowest BCUT2D eigenvalue weighted by molar-refractivity contribution is -0.173. The summed E-state index contributed by atoms with van der Waals surface area (Å²) in [6.07, 6.45) is 2.66. The molecule has 12 nitrogen and oxygen atoms in total. The number of amides is 1. The molecule has 3 aromatic rings. The molecule has 0 aliphatic carbocycles. The van der Waals surface area contributed by atoms with Crippen molar-refractivity contribution in [3.05, 3.63) is 98.2 Å². The van der Waals surface area contributed by atoms with Crippen molar-refractivity contribution in [3.8, 4) is 5.69 Å². The summed E-state index contributed by atoms with van der Waals surface area (Å²) >= 11 is 12.2. The Kier molecular flexibility index (Phi) is 13.1. The van der Waals surface area contributed by atoms with Crippen molar-refractivity contribution < 1.29 is 29.0 Å². The summed E-state index contributed by atoms with van der Waals surface area (Å²) in [5.41, 5.74) is 5.41. The fourth-order valence-electron chi connectivity index (χ4n) is 4.15. The van der Waals surface area contributed by atoms with E-state index in [0.29, 0.717) is 26.9 Å². The fourth-order valence-corrected chi connectivity index (χ4v) is 4.53. The molecule has 3 rings (SSSR count). The van der Waals surface area contributed by atoms with E-state index in [2.05, 4.69) is 33.7 Å². The Morgan fingerprint density at radius 3 is 2.51 bits per heavy atom. The highest BCUT2D eigenvalue weighted by molar-refractivity contribution is 6.30. The maximum atomic E-state index is 13.3. The summed E-state index contributed by atoms with van der Waals surface area (Å²) in [6, 6.07) is 12.3. The van der Waals surface area contributed by atoms with Crippen LogP contribution in [0.3, 0.4) is 0 Å². The van der Waals surface area contributed by atoms with E-state index < -0.39 is 43.0 Å². The van der Waals surface area contributed by atoms with Crippen LogP contribution in [0.4, 0.5) is 0 Å². The third kappa shape index (κ3) is 11.0. The second-order valence-corrected chi connectivity index (χ2v) is 11.2. The van der Waals surface area contributed by atoms with Crippen LogP contribution in [-0.2, 0) is 32.0 Å². The van der Waals surface area contributed by atoms with Crippen LogP contribution >= 0.6 is 23.2 Å².